The monoisotopic (exact) mass is 937 g/mol. The maximum absolute atomic E-state index is 9.10. The second-order valence-electron chi connectivity index (χ2n) is 21.5. The van der Waals surface area contributed by atoms with Crippen molar-refractivity contribution in [2.24, 2.45) is 0 Å². The van der Waals surface area contributed by atoms with Gasteiger partial charge in [0.05, 0.1) is 41.8 Å². The molecule has 10 aromatic rings. The molecule has 71 heavy (non-hydrogen) atoms. The van der Waals surface area contributed by atoms with Crippen molar-refractivity contribution in [3.8, 4) is 50.7 Å². The van der Waals surface area contributed by atoms with Crippen LogP contribution in [0, 0.1) is 0 Å². The number of ether oxygens (including phenoxy) is 1. The van der Waals surface area contributed by atoms with Crippen LogP contribution in [0.5, 0.6) is 11.5 Å². The molecule has 0 amide bonds. The minimum atomic E-state index is -0.552. The Hall–Kier alpha value is -7.89. The predicted molar refractivity (Wildman–Crippen MR) is 300 cm³/mol. The molecule has 1 aliphatic rings. The first kappa shape index (κ1) is 35.2. The maximum Gasteiger partial charge on any atom is 0.137 e. The molecule has 11 rings (SSSR count). The zero-order valence-corrected chi connectivity index (χ0v) is 41.7. The van der Waals surface area contributed by atoms with Crippen molar-refractivity contribution in [1.29, 1.82) is 0 Å². The average molecular weight is 937 g/mol. The van der Waals surface area contributed by atoms with Crippen LogP contribution < -0.4 is 14.5 Å². The Bertz CT molecular complexity index is 4050. The summed E-state index contributed by atoms with van der Waals surface area (Å²) in [7, 11) is 0. The molecule has 352 valence electrons. The van der Waals surface area contributed by atoms with E-state index >= 15 is 0 Å². The molecule has 0 fully saturated rings. The van der Waals surface area contributed by atoms with Gasteiger partial charge in [-0.3, -0.25) is 4.57 Å². The lowest BCUT2D eigenvalue weighted by Gasteiger charge is -2.27. The van der Waals surface area contributed by atoms with E-state index in [-0.39, 0.29) is 45.2 Å². The first-order chi connectivity index (χ1) is 38.2. The quantitative estimate of drug-likeness (QED) is 0.152. The van der Waals surface area contributed by atoms with Gasteiger partial charge in [-0.1, -0.05) is 183 Å². The molecule has 0 N–H and O–H groups in total. The van der Waals surface area contributed by atoms with Gasteiger partial charge in [-0.25, -0.2) is 4.98 Å². The van der Waals surface area contributed by atoms with Crippen molar-refractivity contribution in [2.75, 3.05) is 16.5 Å². The van der Waals surface area contributed by atoms with Crippen LogP contribution >= 0.6 is 0 Å². The summed E-state index contributed by atoms with van der Waals surface area (Å²) in [6, 6.07) is 39.4. The van der Waals surface area contributed by atoms with Gasteiger partial charge in [-0.15, -0.1) is 0 Å². The Labute approximate surface area is 433 Å². The summed E-state index contributed by atoms with van der Waals surface area (Å²) in [6.45, 7) is 20.3. The molecule has 0 spiro atoms. The summed E-state index contributed by atoms with van der Waals surface area (Å²) in [5, 5.41) is 2.12. The van der Waals surface area contributed by atoms with Crippen LogP contribution in [0.3, 0.4) is 0 Å². The van der Waals surface area contributed by atoms with Gasteiger partial charge in [0, 0.05) is 45.9 Å². The van der Waals surface area contributed by atoms with E-state index in [0.717, 1.165) is 50.1 Å². The van der Waals surface area contributed by atoms with Crippen LogP contribution in [0.25, 0.3) is 61.0 Å². The Morgan fingerprint density at radius 3 is 1.70 bits per heavy atom. The predicted octanol–water partition coefficient (Wildman–Crippen LogP) is 18.1. The van der Waals surface area contributed by atoms with Crippen molar-refractivity contribution in [3.05, 3.63) is 217 Å². The number of rotatable bonds is 8. The molecular weight excluding hydrogens is 865 g/mol. The Morgan fingerprint density at radius 2 is 1.07 bits per heavy atom. The molecule has 0 saturated carbocycles. The zero-order valence-electron chi connectivity index (χ0n) is 51.7. The molecule has 0 atom stereocenters. The molecule has 5 nitrogen and oxygen atoms in total. The standard InChI is InChI=1S/C66H62N4O/c1-64(2,3)48-34-35-67-62(40-48)70-58-33-30-46(47-36-49(65(4,5)6)39-50(37-47)66(7,8)9)38-57(58)56-32-31-53(42-61(56)70)71-52-25-18-24-51(41-52)68-43-69(60-29-17-16-28-59(60)68)63-54(44-20-12-10-13-21-44)26-19-27-55(63)45-22-14-11-15-23-45/h10-42H,43H2,1-9H3/i10D,11D,12D,13D,14D,15D,20D,21D,22D,23D. The van der Waals surface area contributed by atoms with Gasteiger partial charge >= 0.3 is 0 Å². The third-order valence-electron chi connectivity index (χ3n) is 13.5. The number of para-hydroxylation sites is 3. The molecule has 0 unspecified atom stereocenters. The van der Waals surface area contributed by atoms with Crippen LogP contribution in [-0.4, -0.2) is 16.2 Å². The van der Waals surface area contributed by atoms with Gasteiger partial charge in [-0.05, 0) is 116 Å². The van der Waals surface area contributed by atoms with Gasteiger partial charge in [0.2, 0.25) is 0 Å². The lowest BCUT2D eigenvalue weighted by Crippen LogP contribution is -2.24. The van der Waals surface area contributed by atoms with Crippen molar-refractivity contribution in [3.63, 3.8) is 0 Å². The molecule has 1 aliphatic heterocycles. The van der Waals surface area contributed by atoms with E-state index in [1.165, 1.54) is 16.7 Å². The number of nitrogens with zero attached hydrogens (tertiary/aromatic N) is 4. The van der Waals surface area contributed by atoms with Crippen LogP contribution in [0.2, 0.25) is 0 Å². The molecule has 0 aliphatic carbocycles. The molecule has 8 aromatic carbocycles. The van der Waals surface area contributed by atoms with E-state index in [1.807, 2.05) is 65.7 Å². The highest BCUT2D eigenvalue weighted by Gasteiger charge is 2.32. The van der Waals surface area contributed by atoms with E-state index < -0.39 is 60.4 Å². The summed E-state index contributed by atoms with van der Waals surface area (Å²) in [6.07, 6.45) is 1.88. The molecule has 0 saturated heterocycles. The average Bonchev–Trinajstić information content (AvgIpc) is 3.16. The van der Waals surface area contributed by atoms with E-state index in [1.54, 1.807) is 18.2 Å². The second-order valence-corrected chi connectivity index (χ2v) is 21.5. The fraction of sp³-hybridized carbons (Fsp3) is 0.197. The van der Waals surface area contributed by atoms with Crippen LogP contribution in [0.1, 0.15) is 92.7 Å². The largest absolute Gasteiger partial charge is 0.457 e. The maximum atomic E-state index is 9.10. The summed E-state index contributed by atoms with van der Waals surface area (Å²) < 4.78 is 96.8. The first-order valence-corrected chi connectivity index (χ1v) is 24.1. The van der Waals surface area contributed by atoms with E-state index in [0.29, 0.717) is 22.9 Å². The summed E-state index contributed by atoms with van der Waals surface area (Å²) in [4.78, 5) is 8.94. The number of fused-ring (bicyclic) bond motifs is 4. The lowest BCUT2D eigenvalue weighted by molar-refractivity contribution is 0.483. The van der Waals surface area contributed by atoms with Crippen molar-refractivity contribution in [2.45, 2.75) is 78.6 Å². The number of anilines is 4. The van der Waals surface area contributed by atoms with Crippen LogP contribution in [0.15, 0.2) is 200 Å². The summed E-state index contributed by atoms with van der Waals surface area (Å²) >= 11 is 0. The van der Waals surface area contributed by atoms with Crippen molar-refractivity contribution >= 4 is 44.6 Å². The summed E-state index contributed by atoms with van der Waals surface area (Å²) in [5.41, 5.74) is 10.4. The topological polar surface area (TPSA) is 33.5 Å². The second kappa shape index (κ2) is 17.5. The Morgan fingerprint density at radius 1 is 0.465 bits per heavy atom. The number of benzene rings is 8. The fourth-order valence-corrected chi connectivity index (χ4v) is 9.64. The molecule has 0 bridgehead atoms. The van der Waals surface area contributed by atoms with Gasteiger partial charge in [0.25, 0.3) is 0 Å². The third kappa shape index (κ3) is 8.65. The third-order valence-corrected chi connectivity index (χ3v) is 13.5. The zero-order chi connectivity index (χ0) is 57.9. The van der Waals surface area contributed by atoms with Gasteiger partial charge < -0.3 is 14.5 Å². The van der Waals surface area contributed by atoms with E-state index in [4.69, 9.17) is 23.4 Å². The first-order valence-electron chi connectivity index (χ1n) is 29.1. The summed E-state index contributed by atoms with van der Waals surface area (Å²) in [5.74, 6) is 1.94. The molecular formula is C66H62N4O. The minimum absolute atomic E-state index is 0.0496. The minimum Gasteiger partial charge on any atom is -0.457 e. The smallest absolute Gasteiger partial charge is 0.137 e. The van der Waals surface area contributed by atoms with Crippen molar-refractivity contribution in [1.82, 2.24) is 9.55 Å². The van der Waals surface area contributed by atoms with Gasteiger partial charge in [0.15, 0.2) is 0 Å². The van der Waals surface area contributed by atoms with Gasteiger partial charge in [0.1, 0.15) is 24.0 Å². The molecule has 3 heterocycles. The fourth-order valence-electron chi connectivity index (χ4n) is 9.64. The number of hydrogen-bond acceptors (Lipinski definition) is 4. The number of hydrogen-bond donors (Lipinski definition) is 0. The van der Waals surface area contributed by atoms with Crippen LogP contribution in [-0.2, 0) is 16.2 Å². The SMILES string of the molecule is [2H]c1c([2H])c([2H])c(-c2cccc(-c3c([2H])c([2H])c([2H])c([2H])c3[2H])c2N2CN(c3cccc(Oc4ccc5c6cc(-c7cc(C(C)(C)C)cc(C(C)(C)C)c7)ccc6n(-c6cc(C(C)(C)C)ccn6)c5c4)c3)c3ccccc32)c([2H])c1[2H]. The van der Waals surface area contributed by atoms with Crippen LogP contribution in [0.4, 0.5) is 22.7 Å². The molecule has 2 aromatic heterocycles. The van der Waals surface area contributed by atoms with Gasteiger partial charge in [-0.2, -0.15) is 0 Å². The van der Waals surface area contributed by atoms with E-state index in [9.17, 15) is 0 Å². The normalized spacial score (nSPS) is 15.0. The number of pyridine rings is 1. The highest BCUT2D eigenvalue weighted by Crippen LogP contribution is 2.50. The van der Waals surface area contributed by atoms with E-state index in [2.05, 4.69) is 132 Å². The Balaban J connectivity index is 1.03. The molecule has 5 heteroatoms. The highest BCUT2D eigenvalue weighted by atomic mass is 16.5. The van der Waals surface area contributed by atoms with Crippen molar-refractivity contribution < 1.29 is 18.4 Å². The highest BCUT2D eigenvalue weighted by molar-refractivity contribution is 6.11. The molecule has 0 radical (unpaired) electrons. The lowest BCUT2D eigenvalue weighted by atomic mass is 9.79. The number of aromatic nitrogens is 2. The Kier molecular flexibility index (Phi) is 8.69.